The minimum Gasteiger partial charge on any atom is -0.320 e. The van der Waals surface area contributed by atoms with E-state index in [-0.39, 0.29) is 0 Å². The molecule has 0 bridgehead atoms. The lowest BCUT2D eigenvalue weighted by atomic mass is 10.2. The van der Waals surface area contributed by atoms with E-state index in [9.17, 15) is 0 Å². The smallest absolute Gasteiger partial charge is 0.0110 e. The normalized spacial score (nSPS) is 22.5. The van der Waals surface area contributed by atoms with Crippen LogP contribution in [-0.2, 0) is 0 Å². The van der Waals surface area contributed by atoms with Crippen molar-refractivity contribution in [2.24, 2.45) is 0 Å². The Balaban J connectivity index is 2.15. The maximum atomic E-state index is 3.37. The van der Waals surface area contributed by atoms with Gasteiger partial charge < -0.3 is 10.6 Å². The van der Waals surface area contributed by atoms with Crippen molar-refractivity contribution in [3.05, 3.63) is 0 Å². The molecule has 1 aliphatic heterocycles. The first-order valence-corrected chi connectivity index (χ1v) is 4.94. The molecule has 0 saturated carbocycles. The first-order chi connectivity index (χ1) is 5.84. The Bertz CT molecular complexity index is 110. The van der Waals surface area contributed by atoms with Gasteiger partial charge in [-0.2, -0.15) is 0 Å². The minimum absolute atomic E-state index is 0.736. The van der Waals surface area contributed by atoms with Crippen LogP contribution in [0.2, 0.25) is 0 Å². The molecule has 72 valence electrons. The molecule has 1 heterocycles. The summed E-state index contributed by atoms with van der Waals surface area (Å²) in [5.41, 5.74) is 0. The van der Waals surface area contributed by atoms with Crippen molar-refractivity contribution in [3.63, 3.8) is 0 Å². The molecule has 1 aliphatic rings. The fraction of sp³-hybridized carbons (Fsp3) is 1.00. The first kappa shape index (κ1) is 9.96. The predicted molar refractivity (Wildman–Crippen MR) is 52.4 cm³/mol. The van der Waals surface area contributed by atoms with E-state index in [1.165, 1.54) is 19.5 Å². The van der Waals surface area contributed by atoms with Crippen LogP contribution in [-0.4, -0.2) is 50.7 Å². The molecule has 1 saturated heterocycles. The summed E-state index contributed by atoms with van der Waals surface area (Å²) in [6, 6.07) is 0.736. The van der Waals surface area contributed by atoms with Crippen LogP contribution in [0.25, 0.3) is 0 Å². The van der Waals surface area contributed by atoms with Gasteiger partial charge in [-0.25, -0.2) is 0 Å². The van der Waals surface area contributed by atoms with E-state index in [1.807, 2.05) is 7.05 Å². The first-order valence-electron chi connectivity index (χ1n) is 4.94. The number of hydrogen-bond donors (Lipinski definition) is 2. The Kier molecular flexibility index (Phi) is 4.58. The zero-order chi connectivity index (χ0) is 8.81. The third-order valence-corrected chi connectivity index (χ3v) is 2.59. The Morgan fingerprint density at radius 2 is 2.08 bits per heavy atom. The van der Waals surface area contributed by atoms with E-state index in [4.69, 9.17) is 0 Å². The fourth-order valence-electron chi connectivity index (χ4n) is 1.66. The molecule has 1 rings (SSSR count). The highest BCUT2D eigenvalue weighted by Gasteiger charge is 2.14. The molecule has 1 atom stereocenters. The van der Waals surface area contributed by atoms with Gasteiger partial charge in [0.25, 0.3) is 0 Å². The molecule has 3 nitrogen and oxygen atoms in total. The number of piperazine rings is 1. The van der Waals surface area contributed by atoms with Gasteiger partial charge in [0.2, 0.25) is 0 Å². The second-order valence-electron chi connectivity index (χ2n) is 3.53. The minimum atomic E-state index is 0.736. The lowest BCUT2D eigenvalue weighted by molar-refractivity contribution is 0.176. The number of nitrogens with zero attached hydrogens (tertiary/aromatic N) is 1. The average Bonchev–Trinajstić information content (AvgIpc) is 2.15. The molecule has 0 spiro atoms. The predicted octanol–water partition coefficient (Wildman–Crippen LogP) is -0.110. The van der Waals surface area contributed by atoms with Crippen LogP contribution < -0.4 is 10.6 Å². The van der Waals surface area contributed by atoms with Gasteiger partial charge in [-0.3, -0.25) is 4.90 Å². The summed E-state index contributed by atoms with van der Waals surface area (Å²) < 4.78 is 0. The number of nitrogens with one attached hydrogen (secondary N) is 2. The zero-order valence-corrected chi connectivity index (χ0v) is 8.27. The van der Waals surface area contributed by atoms with Gasteiger partial charge in [-0.15, -0.1) is 0 Å². The molecular formula is C9H21N3. The van der Waals surface area contributed by atoms with Crippen LogP contribution in [0.3, 0.4) is 0 Å². The maximum Gasteiger partial charge on any atom is 0.0110 e. The molecule has 0 aromatic carbocycles. The summed E-state index contributed by atoms with van der Waals surface area (Å²) in [5.74, 6) is 0. The van der Waals surface area contributed by atoms with Gasteiger partial charge in [-0.1, -0.05) is 0 Å². The third kappa shape index (κ3) is 3.09. The van der Waals surface area contributed by atoms with Crippen molar-refractivity contribution in [2.75, 3.05) is 39.8 Å². The largest absolute Gasteiger partial charge is 0.320 e. The van der Waals surface area contributed by atoms with Crippen molar-refractivity contribution in [1.82, 2.24) is 15.5 Å². The van der Waals surface area contributed by atoms with E-state index >= 15 is 0 Å². The number of hydrogen-bond acceptors (Lipinski definition) is 3. The van der Waals surface area contributed by atoms with Crippen molar-refractivity contribution in [3.8, 4) is 0 Å². The Labute approximate surface area is 75.5 Å². The molecule has 0 aromatic heterocycles. The van der Waals surface area contributed by atoms with Crippen LogP contribution in [0.1, 0.15) is 13.3 Å². The highest BCUT2D eigenvalue weighted by Crippen LogP contribution is 2.03. The van der Waals surface area contributed by atoms with Crippen LogP contribution in [0, 0.1) is 0 Å². The Morgan fingerprint density at radius 1 is 1.42 bits per heavy atom. The van der Waals surface area contributed by atoms with Gasteiger partial charge in [0.1, 0.15) is 0 Å². The Hall–Kier alpha value is -0.120. The average molecular weight is 171 g/mol. The van der Waals surface area contributed by atoms with Crippen molar-refractivity contribution in [1.29, 1.82) is 0 Å². The molecular weight excluding hydrogens is 150 g/mol. The fourth-order valence-corrected chi connectivity index (χ4v) is 1.66. The van der Waals surface area contributed by atoms with Crippen molar-refractivity contribution in [2.45, 2.75) is 19.4 Å². The molecule has 12 heavy (non-hydrogen) atoms. The Morgan fingerprint density at radius 3 is 2.67 bits per heavy atom. The molecule has 2 N–H and O–H groups in total. The summed E-state index contributed by atoms with van der Waals surface area (Å²) in [7, 11) is 2.02. The van der Waals surface area contributed by atoms with E-state index in [2.05, 4.69) is 22.5 Å². The van der Waals surface area contributed by atoms with Crippen molar-refractivity contribution >= 4 is 0 Å². The maximum absolute atomic E-state index is 3.37. The summed E-state index contributed by atoms with van der Waals surface area (Å²) >= 11 is 0. The molecule has 1 fully saturated rings. The van der Waals surface area contributed by atoms with E-state index in [1.54, 1.807) is 0 Å². The van der Waals surface area contributed by atoms with Gasteiger partial charge in [0.05, 0.1) is 0 Å². The quantitative estimate of drug-likeness (QED) is 0.618. The summed E-state index contributed by atoms with van der Waals surface area (Å²) in [6.45, 7) is 8.19. The van der Waals surface area contributed by atoms with Gasteiger partial charge in [0.15, 0.2) is 0 Å². The van der Waals surface area contributed by atoms with Gasteiger partial charge in [0, 0.05) is 32.2 Å². The lowest BCUT2D eigenvalue weighted by Crippen LogP contribution is -2.47. The summed E-state index contributed by atoms with van der Waals surface area (Å²) in [6.07, 6.45) is 1.26. The monoisotopic (exact) mass is 171 g/mol. The zero-order valence-electron chi connectivity index (χ0n) is 8.27. The van der Waals surface area contributed by atoms with Crippen LogP contribution in [0.5, 0.6) is 0 Å². The van der Waals surface area contributed by atoms with Crippen molar-refractivity contribution < 1.29 is 0 Å². The third-order valence-electron chi connectivity index (χ3n) is 2.59. The highest BCUT2D eigenvalue weighted by molar-refractivity contribution is 4.73. The molecule has 1 unspecified atom stereocenters. The molecule has 0 aromatic rings. The molecule has 0 aliphatic carbocycles. The van der Waals surface area contributed by atoms with Crippen LogP contribution in [0.4, 0.5) is 0 Å². The molecule has 0 amide bonds. The summed E-state index contributed by atoms with van der Waals surface area (Å²) in [5, 5.41) is 6.56. The van der Waals surface area contributed by atoms with Gasteiger partial charge >= 0.3 is 0 Å². The highest BCUT2D eigenvalue weighted by atomic mass is 15.2. The van der Waals surface area contributed by atoms with E-state index in [0.29, 0.717) is 0 Å². The lowest BCUT2D eigenvalue weighted by Gasteiger charge is -2.32. The van der Waals surface area contributed by atoms with E-state index < -0.39 is 0 Å². The second-order valence-corrected chi connectivity index (χ2v) is 3.53. The van der Waals surface area contributed by atoms with Crippen LogP contribution in [0.15, 0.2) is 0 Å². The second kappa shape index (κ2) is 5.51. The number of rotatable bonds is 4. The standard InChI is InChI=1S/C9H21N3/c1-9(3-4-10-2)12-7-5-11-6-8-12/h9-11H,3-8H2,1-2H3. The van der Waals surface area contributed by atoms with Crippen LogP contribution >= 0.6 is 0 Å². The molecule has 3 heteroatoms. The SMILES string of the molecule is CNCCC(C)N1CCNCC1. The van der Waals surface area contributed by atoms with Gasteiger partial charge in [-0.05, 0) is 26.9 Å². The topological polar surface area (TPSA) is 27.3 Å². The van der Waals surface area contributed by atoms with E-state index in [0.717, 1.165) is 25.7 Å². The summed E-state index contributed by atoms with van der Waals surface area (Å²) in [4.78, 5) is 2.56. The molecule has 0 radical (unpaired) electrons.